The molecule has 2 N–H and O–H groups in total. The minimum Gasteiger partial charge on any atom is -0.490 e. The van der Waals surface area contributed by atoms with Crippen molar-refractivity contribution < 1.29 is 9.13 Å². The normalized spacial score (nSPS) is 9.23. The summed E-state index contributed by atoms with van der Waals surface area (Å²) in [5.41, 5.74) is 5.94. The van der Waals surface area contributed by atoms with E-state index in [-0.39, 0.29) is 5.82 Å². The van der Waals surface area contributed by atoms with Crippen molar-refractivity contribution in [1.82, 2.24) is 0 Å². The van der Waals surface area contributed by atoms with E-state index in [1.165, 1.54) is 18.2 Å². The van der Waals surface area contributed by atoms with E-state index in [2.05, 4.69) is 5.92 Å². The molecule has 0 saturated heterocycles. The van der Waals surface area contributed by atoms with Crippen LogP contribution in [0.1, 0.15) is 6.42 Å². The maximum atomic E-state index is 12.7. The lowest BCUT2D eigenvalue weighted by atomic mass is 10.3. The highest BCUT2D eigenvalue weighted by molar-refractivity contribution is 5.52. The van der Waals surface area contributed by atoms with Crippen molar-refractivity contribution in [2.45, 2.75) is 6.42 Å². The molecule has 0 heterocycles. The molecule has 2 nitrogen and oxygen atoms in total. The Morgan fingerprint density at radius 1 is 1.54 bits per heavy atom. The van der Waals surface area contributed by atoms with Crippen molar-refractivity contribution in [3.63, 3.8) is 0 Å². The van der Waals surface area contributed by atoms with Gasteiger partial charge in [0.1, 0.15) is 11.6 Å². The highest BCUT2D eigenvalue weighted by Crippen LogP contribution is 2.21. The van der Waals surface area contributed by atoms with E-state index >= 15 is 0 Å². The van der Waals surface area contributed by atoms with Crippen LogP contribution < -0.4 is 10.5 Å². The highest BCUT2D eigenvalue weighted by atomic mass is 19.1. The standard InChI is InChI=1S/C10H10FNO/c1-2-3-6-13-10-7-8(11)4-5-9(10)12/h1,4-5,7H,3,6,12H2. The minimum absolute atomic E-state index is 0.343. The van der Waals surface area contributed by atoms with Gasteiger partial charge in [-0.1, -0.05) is 0 Å². The molecule has 0 spiro atoms. The third kappa shape index (κ3) is 2.68. The summed E-state index contributed by atoms with van der Waals surface area (Å²) in [5.74, 6) is 2.38. The summed E-state index contributed by atoms with van der Waals surface area (Å²) in [5, 5.41) is 0. The number of rotatable bonds is 3. The third-order valence-corrected chi connectivity index (χ3v) is 1.48. The molecular formula is C10H10FNO. The first-order valence-corrected chi connectivity index (χ1v) is 3.85. The fourth-order valence-electron chi connectivity index (χ4n) is 0.853. The molecule has 0 amide bonds. The second-order valence-corrected chi connectivity index (χ2v) is 2.48. The number of halogens is 1. The second kappa shape index (κ2) is 4.36. The lowest BCUT2D eigenvalue weighted by molar-refractivity contribution is 0.327. The molecule has 0 aliphatic rings. The van der Waals surface area contributed by atoms with Crippen LogP contribution in [0, 0.1) is 18.2 Å². The highest BCUT2D eigenvalue weighted by Gasteiger charge is 2.00. The number of nitrogens with two attached hydrogens (primary N) is 1. The summed E-state index contributed by atoms with van der Waals surface area (Å²) in [6.07, 6.45) is 5.51. The van der Waals surface area contributed by atoms with Crippen LogP contribution in [0.3, 0.4) is 0 Å². The number of ether oxygens (including phenoxy) is 1. The van der Waals surface area contributed by atoms with Gasteiger partial charge in [0.15, 0.2) is 0 Å². The average Bonchev–Trinajstić information content (AvgIpc) is 2.11. The Morgan fingerprint density at radius 2 is 2.31 bits per heavy atom. The van der Waals surface area contributed by atoms with Crippen LogP contribution in [0.5, 0.6) is 5.75 Å². The molecule has 0 aromatic heterocycles. The Kier molecular flexibility index (Phi) is 3.15. The van der Waals surface area contributed by atoms with Gasteiger partial charge in [-0.2, -0.15) is 0 Å². The van der Waals surface area contributed by atoms with Crippen molar-refractivity contribution >= 4 is 5.69 Å². The van der Waals surface area contributed by atoms with Crippen LogP contribution in [0.4, 0.5) is 10.1 Å². The number of anilines is 1. The molecule has 1 aromatic carbocycles. The fraction of sp³-hybridized carbons (Fsp3) is 0.200. The molecule has 0 aliphatic carbocycles. The first-order valence-electron chi connectivity index (χ1n) is 3.85. The van der Waals surface area contributed by atoms with Crippen LogP contribution in [0.25, 0.3) is 0 Å². The topological polar surface area (TPSA) is 35.2 Å². The van der Waals surface area contributed by atoms with Crippen LogP contribution >= 0.6 is 0 Å². The minimum atomic E-state index is -0.370. The zero-order chi connectivity index (χ0) is 9.68. The van der Waals surface area contributed by atoms with Crippen LogP contribution in [-0.2, 0) is 0 Å². The molecule has 0 fully saturated rings. The maximum absolute atomic E-state index is 12.7. The van der Waals surface area contributed by atoms with Gasteiger partial charge in [-0.05, 0) is 12.1 Å². The van der Waals surface area contributed by atoms with Gasteiger partial charge >= 0.3 is 0 Å². The van der Waals surface area contributed by atoms with E-state index in [1.807, 2.05) is 0 Å². The van der Waals surface area contributed by atoms with E-state index in [1.54, 1.807) is 0 Å². The molecule has 1 aromatic rings. The zero-order valence-electron chi connectivity index (χ0n) is 7.09. The average molecular weight is 179 g/mol. The van der Waals surface area contributed by atoms with Crippen molar-refractivity contribution in [3.8, 4) is 18.1 Å². The largest absolute Gasteiger partial charge is 0.490 e. The molecule has 13 heavy (non-hydrogen) atoms. The lowest BCUT2D eigenvalue weighted by Gasteiger charge is -2.06. The number of hydrogen-bond acceptors (Lipinski definition) is 2. The molecule has 3 heteroatoms. The maximum Gasteiger partial charge on any atom is 0.145 e. The molecule has 0 unspecified atom stereocenters. The molecule has 0 saturated carbocycles. The first kappa shape index (κ1) is 9.40. The molecule has 68 valence electrons. The van der Waals surface area contributed by atoms with Crippen molar-refractivity contribution in [2.24, 2.45) is 0 Å². The predicted molar refractivity (Wildman–Crippen MR) is 49.8 cm³/mol. The summed E-state index contributed by atoms with van der Waals surface area (Å²) in [4.78, 5) is 0. The van der Waals surface area contributed by atoms with Crippen LogP contribution in [0.2, 0.25) is 0 Å². The van der Waals surface area contributed by atoms with Crippen molar-refractivity contribution in [3.05, 3.63) is 24.0 Å². The Labute approximate surface area is 76.5 Å². The zero-order valence-corrected chi connectivity index (χ0v) is 7.09. The smallest absolute Gasteiger partial charge is 0.145 e. The van der Waals surface area contributed by atoms with Crippen LogP contribution in [-0.4, -0.2) is 6.61 Å². The molecule has 0 atom stereocenters. The summed E-state index contributed by atoms with van der Waals surface area (Å²) >= 11 is 0. The molecular weight excluding hydrogens is 169 g/mol. The Morgan fingerprint density at radius 3 is 3.00 bits per heavy atom. The van der Waals surface area contributed by atoms with Gasteiger partial charge in [0, 0.05) is 12.5 Å². The molecule has 0 aliphatic heterocycles. The predicted octanol–water partition coefficient (Wildman–Crippen LogP) is 1.81. The Balaban J connectivity index is 2.65. The van der Waals surface area contributed by atoms with Crippen molar-refractivity contribution in [1.29, 1.82) is 0 Å². The number of terminal acetylenes is 1. The molecule has 1 rings (SSSR count). The third-order valence-electron chi connectivity index (χ3n) is 1.48. The number of benzene rings is 1. The molecule has 0 bridgehead atoms. The van der Waals surface area contributed by atoms with Gasteiger partial charge in [-0.3, -0.25) is 0 Å². The van der Waals surface area contributed by atoms with Crippen molar-refractivity contribution in [2.75, 3.05) is 12.3 Å². The van der Waals surface area contributed by atoms with Gasteiger partial charge < -0.3 is 10.5 Å². The lowest BCUT2D eigenvalue weighted by Crippen LogP contribution is -1.99. The number of hydrogen-bond donors (Lipinski definition) is 1. The summed E-state index contributed by atoms with van der Waals surface area (Å²) < 4.78 is 17.8. The van der Waals surface area contributed by atoms with E-state index in [9.17, 15) is 4.39 Å². The Bertz CT molecular complexity index is 330. The van der Waals surface area contributed by atoms with Gasteiger partial charge in [-0.15, -0.1) is 12.3 Å². The van der Waals surface area contributed by atoms with Gasteiger partial charge in [0.25, 0.3) is 0 Å². The van der Waals surface area contributed by atoms with Gasteiger partial charge in [0.05, 0.1) is 12.3 Å². The second-order valence-electron chi connectivity index (χ2n) is 2.48. The van der Waals surface area contributed by atoms with E-state index < -0.39 is 0 Å². The van der Waals surface area contributed by atoms with E-state index in [0.29, 0.717) is 24.5 Å². The van der Waals surface area contributed by atoms with E-state index in [4.69, 9.17) is 16.9 Å². The quantitative estimate of drug-likeness (QED) is 0.436. The van der Waals surface area contributed by atoms with Crippen LogP contribution in [0.15, 0.2) is 18.2 Å². The first-order chi connectivity index (χ1) is 6.24. The van der Waals surface area contributed by atoms with E-state index in [0.717, 1.165) is 0 Å². The summed E-state index contributed by atoms with van der Waals surface area (Å²) in [7, 11) is 0. The SMILES string of the molecule is C#CCCOc1cc(F)ccc1N. The molecule has 0 radical (unpaired) electrons. The monoisotopic (exact) mass is 179 g/mol. The summed E-state index contributed by atoms with van der Waals surface area (Å²) in [6.45, 7) is 0.351. The summed E-state index contributed by atoms with van der Waals surface area (Å²) in [6, 6.07) is 3.98. The van der Waals surface area contributed by atoms with Gasteiger partial charge in [-0.25, -0.2) is 4.39 Å². The Hall–Kier alpha value is -1.69. The number of nitrogen functional groups attached to an aromatic ring is 1. The van der Waals surface area contributed by atoms with Gasteiger partial charge in [0.2, 0.25) is 0 Å². The fourth-order valence-corrected chi connectivity index (χ4v) is 0.853.